The van der Waals surface area contributed by atoms with Crippen molar-refractivity contribution in [2.75, 3.05) is 20.8 Å². The van der Waals surface area contributed by atoms with Gasteiger partial charge in [-0.2, -0.15) is 0 Å². The Bertz CT molecular complexity index is 908. The third-order valence-corrected chi connectivity index (χ3v) is 5.89. The summed E-state index contributed by atoms with van der Waals surface area (Å²) in [6.07, 6.45) is 5.86. The van der Waals surface area contributed by atoms with Crippen LogP contribution in [-0.2, 0) is 18.4 Å². The maximum Gasteiger partial charge on any atom is 0.262 e. The van der Waals surface area contributed by atoms with Gasteiger partial charge in [-0.25, -0.2) is 0 Å². The minimum atomic E-state index is -0.213. The van der Waals surface area contributed by atoms with Gasteiger partial charge in [-0.15, -0.1) is 0 Å². The van der Waals surface area contributed by atoms with Crippen LogP contribution in [0.3, 0.4) is 0 Å². The maximum absolute atomic E-state index is 13.5. The number of methoxy groups -OCH3 is 2. The summed E-state index contributed by atoms with van der Waals surface area (Å²) in [4.78, 5) is 30.4. The average molecular weight is 412 g/mol. The monoisotopic (exact) mass is 411 g/mol. The Balaban J connectivity index is 1.56. The molecule has 2 aromatic rings. The number of benzene rings is 1. The lowest BCUT2D eigenvalue weighted by Gasteiger charge is -2.28. The van der Waals surface area contributed by atoms with Gasteiger partial charge in [-0.1, -0.05) is 6.07 Å². The van der Waals surface area contributed by atoms with Crippen molar-refractivity contribution >= 4 is 11.8 Å². The molecule has 2 amide bonds. The van der Waals surface area contributed by atoms with Gasteiger partial charge in [0, 0.05) is 31.0 Å². The van der Waals surface area contributed by atoms with Gasteiger partial charge >= 0.3 is 0 Å². The lowest BCUT2D eigenvalue weighted by atomic mass is 10.1. The Labute approximate surface area is 177 Å². The van der Waals surface area contributed by atoms with Crippen molar-refractivity contribution in [3.05, 3.63) is 47.8 Å². The molecule has 4 rings (SSSR count). The van der Waals surface area contributed by atoms with E-state index in [4.69, 9.17) is 9.47 Å². The van der Waals surface area contributed by atoms with Crippen molar-refractivity contribution in [3.63, 3.8) is 0 Å². The Morgan fingerprint density at radius 3 is 2.07 bits per heavy atom. The molecule has 0 saturated heterocycles. The Hall–Kier alpha value is -2.96. The first-order valence-corrected chi connectivity index (χ1v) is 10.4. The molecule has 0 atom stereocenters. The van der Waals surface area contributed by atoms with Crippen LogP contribution < -0.4 is 9.47 Å². The summed E-state index contributed by atoms with van der Waals surface area (Å²) >= 11 is 0. The Morgan fingerprint density at radius 1 is 0.967 bits per heavy atom. The van der Waals surface area contributed by atoms with Gasteiger partial charge in [0.2, 0.25) is 5.91 Å². The number of aromatic nitrogens is 1. The van der Waals surface area contributed by atoms with Gasteiger partial charge in [0.15, 0.2) is 0 Å². The average Bonchev–Trinajstić information content (AvgIpc) is 3.68. The second-order valence-corrected chi connectivity index (χ2v) is 8.07. The first-order chi connectivity index (χ1) is 14.5. The highest BCUT2D eigenvalue weighted by molar-refractivity contribution is 6.01. The molecule has 0 spiro atoms. The fourth-order valence-corrected chi connectivity index (χ4v) is 3.84. The Morgan fingerprint density at radius 2 is 1.57 bits per heavy atom. The van der Waals surface area contributed by atoms with Gasteiger partial charge in [-0.05, 0) is 49.9 Å². The summed E-state index contributed by atoms with van der Waals surface area (Å²) in [5.74, 6) is 0.697. The number of carbonyl (C=O) groups excluding carboxylic acids is 2. The lowest BCUT2D eigenvalue weighted by Crippen LogP contribution is -2.44. The molecule has 1 aromatic carbocycles. The zero-order valence-corrected chi connectivity index (χ0v) is 17.8. The summed E-state index contributed by atoms with van der Waals surface area (Å²) < 4.78 is 12.9. The minimum Gasteiger partial charge on any atom is -0.496 e. The smallest absolute Gasteiger partial charge is 0.262 e. The van der Waals surface area contributed by atoms with Gasteiger partial charge in [0.05, 0.1) is 20.8 Å². The van der Waals surface area contributed by atoms with Crippen molar-refractivity contribution in [2.24, 2.45) is 7.05 Å². The van der Waals surface area contributed by atoms with E-state index in [0.717, 1.165) is 31.4 Å². The summed E-state index contributed by atoms with van der Waals surface area (Å²) in [5.41, 5.74) is 1.47. The van der Waals surface area contributed by atoms with Crippen LogP contribution in [0, 0.1) is 0 Å². The SMILES string of the molecule is COc1cccc(OC)c1C(=O)N(CC(=O)N(Cc1cccn1C)C1CC1)C1CC1. The van der Waals surface area contributed by atoms with E-state index in [9.17, 15) is 9.59 Å². The highest BCUT2D eigenvalue weighted by atomic mass is 16.5. The van der Waals surface area contributed by atoms with Crippen LogP contribution in [0.15, 0.2) is 36.5 Å². The fourth-order valence-electron chi connectivity index (χ4n) is 3.84. The topological polar surface area (TPSA) is 64.0 Å². The summed E-state index contributed by atoms with van der Waals surface area (Å²) in [7, 11) is 5.05. The van der Waals surface area contributed by atoms with Crippen molar-refractivity contribution in [2.45, 2.75) is 44.3 Å². The maximum atomic E-state index is 13.5. The van der Waals surface area contributed by atoms with Crippen LogP contribution in [0.2, 0.25) is 0 Å². The molecule has 7 heteroatoms. The second-order valence-electron chi connectivity index (χ2n) is 8.07. The first-order valence-electron chi connectivity index (χ1n) is 10.4. The van der Waals surface area contributed by atoms with Gasteiger partial charge in [0.1, 0.15) is 23.6 Å². The molecule has 0 bridgehead atoms. The number of carbonyl (C=O) groups is 2. The molecule has 1 aromatic heterocycles. The minimum absolute atomic E-state index is 0.00665. The fraction of sp³-hybridized carbons (Fsp3) is 0.478. The van der Waals surface area contributed by atoms with E-state index >= 15 is 0 Å². The molecule has 30 heavy (non-hydrogen) atoms. The Kier molecular flexibility index (Phi) is 5.70. The summed E-state index contributed by atoms with van der Waals surface area (Å²) in [5, 5.41) is 0. The van der Waals surface area contributed by atoms with Gasteiger partial charge in [0.25, 0.3) is 5.91 Å². The number of rotatable bonds is 9. The van der Waals surface area contributed by atoms with Crippen LogP contribution in [0.25, 0.3) is 0 Å². The van der Waals surface area contributed by atoms with Crippen LogP contribution in [0.4, 0.5) is 0 Å². The van der Waals surface area contributed by atoms with Crippen molar-refractivity contribution in [1.29, 1.82) is 0 Å². The van der Waals surface area contributed by atoms with Crippen molar-refractivity contribution in [1.82, 2.24) is 14.4 Å². The molecule has 2 aliphatic rings. The first kappa shape index (κ1) is 20.3. The van der Waals surface area contributed by atoms with Gasteiger partial charge in [-0.3, -0.25) is 9.59 Å². The van der Waals surface area contributed by atoms with Crippen LogP contribution in [0.1, 0.15) is 41.7 Å². The predicted octanol–water partition coefficient (Wildman–Crippen LogP) is 2.84. The number of aryl methyl sites for hydroxylation is 1. The number of hydrogen-bond acceptors (Lipinski definition) is 4. The van der Waals surface area contributed by atoms with Crippen LogP contribution in [0.5, 0.6) is 11.5 Å². The second kappa shape index (κ2) is 8.42. The number of amides is 2. The molecule has 1 heterocycles. The van der Waals surface area contributed by atoms with E-state index in [2.05, 4.69) is 0 Å². The highest BCUT2D eigenvalue weighted by Crippen LogP contribution is 2.35. The number of hydrogen-bond donors (Lipinski definition) is 0. The molecule has 0 radical (unpaired) electrons. The van der Waals surface area contributed by atoms with Crippen molar-refractivity contribution < 1.29 is 19.1 Å². The molecule has 0 N–H and O–H groups in total. The van der Waals surface area contributed by atoms with E-state index in [1.54, 1.807) is 23.1 Å². The largest absolute Gasteiger partial charge is 0.496 e. The standard InChI is InChI=1S/C23H29N3O4/c1-24-13-5-6-18(24)14-25(16-9-10-16)21(27)15-26(17-11-12-17)23(28)22-19(29-2)7-4-8-20(22)30-3/h4-8,13,16-17H,9-12,14-15H2,1-3H3. The molecule has 2 fully saturated rings. The number of nitrogens with zero attached hydrogens (tertiary/aromatic N) is 3. The normalized spacial score (nSPS) is 15.6. The van der Waals surface area contributed by atoms with Gasteiger partial charge < -0.3 is 23.8 Å². The van der Waals surface area contributed by atoms with Crippen molar-refractivity contribution in [3.8, 4) is 11.5 Å². The molecule has 160 valence electrons. The molecular formula is C23H29N3O4. The molecule has 0 unspecified atom stereocenters. The van der Waals surface area contributed by atoms with E-state index in [1.165, 1.54) is 14.2 Å². The molecule has 0 aliphatic heterocycles. The number of ether oxygens (including phenoxy) is 2. The zero-order chi connectivity index (χ0) is 21.3. The van der Waals surface area contributed by atoms with Crippen LogP contribution in [-0.4, -0.2) is 59.0 Å². The molecule has 7 nitrogen and oxygen atoms in total. The predicted molar refractivity (Wildman–Crippen MR) is 113 cm³/mol. The lowest BCUT2D eigenvalue weighted by molar-refractivity contribution is -0.133. The summed E-state index contributed by atoms with van der Waals surface area (Å²) in [6, 6.07) is 9.65. The molecule has 2 aliphatic carbocycles. The third kappa shape index (κ3) is 4.15. The molecule has 2 saturated carbocycles. The van der Waals surface area contributed by atoms with E-state index in [-0.39, 0.29) is 30.4 Å². The zero-order valence-electron chi connectivity index (χ0n) is 17.8. The van der Waals surface area contributed by atoms with Crippen LogP contribution >= 0.6 is 0 Å². The van der Waals surface area contributed by atoms with E-state index in [0.29, 0.717) is 23.6 Å². The van der Waals surface area contributed by atoms with E-state index < -0.39 is 0 Å². The quantitative estimate of drug-likeness (QED) is 0.637. The third-order valence-electron chi connectivity index (χ3n) is 5.89. The van der Waals surface area contributed by atoms with E-state index in [1.807, 2.05) is 34.8 Å². The highest BCUT2D eigenvalue weighted by Gasteiger charge is 2.39. The summed E-state index contributed by atoms with van der Waals surface area (Å²) in [6.45, 7) is 0.642. The molecular weight excluding hydrogens is 382 g/mol.